The normalized spacial score (nSPS) is 34.4. The minimum absolute atomic E-state index is 0. The van der Waals surface area contributed by atoms with E-state index in [4.69, 9.17) is 0 Å². The van der Waals surface area contributed by atoms with Crippen LogP contribution in [0.2, 0.25) is 0 Å². The SMILES string of the molecule is CC1=[C]([Zr+2][C]2=C(C)C=CC2(C)C2(C)CCCC2)C(C)(C2(C)CCCC2)C=C1.[Cl-].[Cl-]. The van der Waals surface area contributed by atoms with Gasteiger partial charge in [-0.1, -0.05) is 0 Å². The van der Waals surface area contributed by atoms with Gasteiger partial charge in [0.2, 0.25) is 0 Å². The summed E-state index contributed by atoms with van der Waals surface area (Å²) in [5.41, 5.74) is 4.81. The van der Waals surface area contributed by atoms with Gasteiger partial charge in [-0.05, 0) is 0 Å². The van der Waals surface area contributed by atoms with Gasteiger partial charge in [0.1, 0.15) is 0 Å². The van der Waals surface area contributed by atoms with Crippen LogP contribution in [-0.2, 0) is 23.2 Å². The first-order valence-electron chi connectivity index (χ1n) is 11.2. The van der Waals surface area contributed by atoms with Gasteiger partial charge in [0, 0.05) is 0 Å². The first-order chi connectivity index (χ1) is 12.7. The monoisotopic (exact) mass is 510 g/mol. The molecule has 0 aliphatic heterocycles. The van der Waals surface area contributed by atoms with Crippen LogP contribution in [0.1, 0.15) is 92.9 Å². The van der Waals surface area contributed by atoms with E-state index in [0.717, 1.165) is 0 Å². The molecule has 29 heavy (non-hydrogen) atoms. The summed E-state index contributed by atoms with van der Waals surface area (Å²) in [6.45, 7) is 15.2. The third kappa shape index (κ3) is 3.78. The Balaban J connectivity index is 0.00000150. The van der Waals surface area contributed by atoms with E-state index in [2.05, 4.69) is 65.8 Å². The molecule has 0 bridgehead atoms. The van der Waals surface area contributed by atoms with Gasteiger partial charge in [-0.3, -0.25) is 0 Å². The first kappa shape index (κ1) is 25.7. The van der Waals surface area contributed by atoms with Crippen molar-refractivity contribution in [1.82, 2.24) is 0 Å². The van der Waals surface area contributed by atoms with E-state index in [9.17, 15) is 0 Å². The van der Waals surface area contributed by atoms with Crippen molar-refractivity contribution in [3.8, 4) is 0 Å². The average Bonchev–Trinajstić information content (AvgIpc) is 3.38. The van der Waals surface area contributed by atoms with Crippen molar-refractivity contribution in [2.45, 2.75) is 92.9 Å². The number of halogens is 2. The van der Waals surface area contributed by atoms with Crippen LogP contribution in [0.15, 0.2) is 42.0 Å². The Morgan fingerprint density at radius 3 is 1.24 bits per heavy atom. The fourth-order valence-electron chi connectivity index (χ4n) is 6.67. The van der Waals surface area contributed by atoms with E-state index >= 15 is 0 Å². The van der Waals surface area contributed by atoms with Crippen LogP contribution < -0.4 is 24.8 Å². The maximum atomic E-state index is 2.61. The molecule has 4 aliphatic rings. The summed E-state index contributed by atoms with van der Waals surface area (Å²) in [7, 11) is 0. The molecule has 2 saturated carbocycles. The molecule has 0 spiro atoms. The van der Waals surface area contributed by atoms with Crippen molar-refractivity contribution in [2.24, 2.45) is 21.7 Å². The molecule has 0 heterocycles. The number of hydrogen-bond donors (Lipinski definition) is 0. The summed E-state index contributed by atoms with van der Waals surface area (Å²) in [5, 5.41) is 0. The Kier molecular flexibility index (Phi) is 7.75. The van der Waals surface area contributed by atoms with E-state index in [1.165, 1.54) is 51.4 Å². The van der Waals surface area contributed by atoms with Crippen LogP contribution in [0.4, 0.5) is 0 Å². The molecule has 160 valence electrons. The van der Waals surface area contributed by atoms with Crippen LogP contribution in [0, 0.1) is 21.7 Å². The quantitative estimate of drug-likeness (QED) is 0.540. The van der Waals surface area contributed by atoms with Crippen LogP contribution >= 0.6 is 0 Å². The molecule has 3 heteroatoms. The molecular weight excluding hydrogens is 474 g/mol. The maximum absolute atomic E-state index is 2.61. The Bertz CT molecular complexity index is 696. The van der Waals surface area contributed by atoms with Gasteiger partial charge >= 0.3 is 180 Å². The van der Waals surface area contributed by atoms with Crippen molar-refractivity contribution in [1.29, 1.82) is 0 Å². The molecule has 0 nitrogen and oxygen atoms in total. The topological polar surface area (TPSA) is 0 Å². The average molecular weight is 513 g/mol. The molecule has 2 fully saturated rings. The summed E-state index contributed by atoms with van der Waals surface area (Å²) in [5.74, 6) is 0. The zero-order valence-electron chi connectivity index (χ0n) is 19.2. The van der Waals surface area contributed by atoms with E-state index in [-0.39, 0.29) is 24.8 Å². The Morgan fingerprint density at radius 1 is 0.621 bits per heavy atom. The molecule has 0 saturated heterocycles. The van der Waals surface area contributed by atoms with Gasteiger partial charge in [-0.15, -0.1) is 0 Å². The van der Waals surface area contributed by atoms with Gasteiger partial charge in [-0.25, -0.2) is 0 Å². The number of allylic oxidation sites excluding steroid dienone is 8. The molecule has 0 amide bonds. The van der Waals surface area contributed by atoms with Crippen molar-refractivity contribution in [3.63, 3.8) is 0 Å². The van der Waals surface area contributed by atoms with Crippen LogP contribution in [0.5, 0.6) is 0 Å². The van der Waals surface area contributed by atoms with Crippen LogP contribution in [-0.4, -0.2) is 0 Å². The Labute approximate surface area is 203 Å². The van der Waals surface area contributed by atoms with E-state index in [1.54, 1.807) is 11.1 Å². The molecular formula is C26H38Cl2Zr. The predicted octanol–water partition coefficient (Wildman–Crippen LogP) is 1.94. The molecule has 2 unspecified atom stereocenters. The van der Waals surface area contributed by atoms with E-state index in [0.29, 0.717) is 21.7 Å². The van der Waals surface area contributed by atoms with Crippen molar-refractivity contribution in [3.05, 3.63) is 42.0 Å². The van der Waals surface area contributed by atoms with Gasteiger partial charge in [-0.2, -0.15) is 0 Å². The molecule has 0 aromatic carbocycles. The second-order valence-electron chi connectivity index (χ2n) is 10.8. The second kappa shape index (κ2) is 8.75. The molecule has 0 N–H and O–H groups in total. The van der Waals surface area contributed by atoms with Gasteiger partial charge in [0.15, 0.2) is 0 Å². The summed E-state index contributed by atoms with van der Waals surface area (Å²) < 4.78 is 3.78. The fourth-order valence-corrected chi connectivity index (χ4v) is 11.8. The molecule has 4 rings (SSSR count). The third-order valence-corrected chi connectivity index (χ3v) is 15.1. The molecule has 0 aromatic heterocycles. The largest absolute Gasteiger partial charge is 1.00 e. The summed E-state index contributed by atoms with van der Waals surface area (Å²) >= 11 is -0.810. The van der Waals surface area contributed by atoms with E-state index < -0.39 is 23.2 Å². The Hall–Kier alpha value is 0.423. The zero-order chi connectivity index (χ0) is 19.5. The predicted molar refractivity (Wildman–Crippen MR) is 113 cm³/mol. The smallest absolute Gasteiger partial charge is 1.00 e. The summed E-state index contributed by atoms with van der Waals surface area (Å²) in [6.07, 6.45) is 21.5. The zero-order valence-corrected chi connectivity index (χ0v) is 23.2. The molecule has 0 radical (unpaired) electrons. The number of rotatable bonds is 4. The van der Waals surface area contributed by atoms with Crippen LogP contribution in [0.3, 0.4) is 0 Å². The third-order valence-electron chi connectivity index (χ3n) is 9.33. The minimum Gasteiger partial charge on any atom is -1.00 e. The van der Waals surface area contributed by atoms with Crippen molar-refractivity contribution in [2.75, 3.05) is 0 Å². The maximum Gasteiger partial charge on any atom is -1.00 e. The Morgan fingerprint density at radius 2 is 0.931 bits per heavy atom. The standard InChI is InChI=1S/2C13H19.2ClH.Zr/c2*1-11-6-9-13(3,10-11)12(2)7-4-5-8-12;;;/h2*6,9H,4-5,7-8H2,1-3H3;2*1H;/q;;;;+2/p-2. The van der Waals surface area contributed by atoms with Crippen molar-refractivity contribution < 1.29 is 48.0 Å². The first-order valence-corrected chi connectivity index (χ1v) is 13.7. The fraction of sp³-hybridized carbons (Fsp3) is 0.692. The summed E-state index contributed by atoms with van der Waals surface area (Å²) in [6, 6.07) is 0. The van der Waals surface area contributed by atoms with Crippen molar-refractivity contribution >= 4 is 0 Å². The minimum atomic E-state index is -0.810. The molecule has 0 aromatic rings. The number of hydrogen-bond acceptors (Lipinski definition) is 0. The van der Waals surface area contributed by atoms with Gasteiger partial charge < -0.3 is 24.8 Å². The van der Waals surface area contributed by atoms with E-state index in [1.807, 2.05) is 6.56 Å². The second-order valence-corrected chi connectivity index (χ2v) is 13.9. The molecule has 2 atom stereocenters. The molecule has 4 aliphatic carbocycles. The van der Waals surface area contributed by atoms with Gasteiger partial charge in [0.05, 0.1) is 0 Å². The van der Waals surface area contributed by atoms with Crippen LogP contribution in [0.25, 0.3) is 0 Å². The van der Waals surface area contributed by atoms with Gasteiger partial charge in [0.25, 0.3) is 0 Å². The summed E-state index contributed by atoms with van der Waals surface area (Å²) in [4.78, 5) is 0.